The van der Waals surface area contributed by atoms with E-state index < -0.39 is 0 Å². The van der Waals surface area contributed by atoms with Crippen LogP contribution in [-0.2, 0) is 6.42 Å². The number of rotatable bonds is 3. The molecule has 2 aromatic carbocycles. The Labute approximate surface area is 124 Å². The fraction of sp³-hybridized carbons (Fsp3) is 0.278. The van der Waals surface area contributed by atoms with E-state index in [9.17, 15) is 5.11 Å². The molecule has 2 aromatic rings. The van der Waals surface area contributed by atoms with Gasteiger partial charge in [-0.05, 0) is 35.7 Å². The molecule has 21 heavy (non-hydrogen) atoms. The van der Waals surface area contributed by atoms with Crippen LogP contribution in [0.3, 0.4) is 0 Å². The molecule has 2 N–H and O–H groups in total. The highest BCUT2D eigenvalue weighted by Gasteiger charge is 2.31. The van der Waals surface area contributed by atoms with Gasteiger partial charge in [0.2, 0.25) is 0 Å². The normalized spacial score (nSPS) is 21.6. The zero-order valence-electron chi connectivity index (χ0n) is 12.0. The van der Waals surface area contributed by atoms with Crippen molar-refractivity contribution in [3.8, 4) is 6.07 Å². The van der Waals surface area contributed by atoms with E-state index in [1.807, 2.05) is 36.4 Å². The SMILES string of the molecule is CC(NC1c2ccccc2CC1O)c1ccc(C#N)cc1. The van der Waals surface area contributed by atoms with Crippen molar-refractivity contribution in [1.82, 2.24) is 5.32 Å². The van der Waals surface area contributed by atoms with Crippen molar-refractivity contribution in [2.45, 2.75) is 31.5 Å². The molecule has 0 radical (unpaired) electrons. The second kappa shape index (κ2) is 5.69. The predicted molar refractivity (Wildman–Crippen MR) is 81.6 cm³/mol. The summed E-state index contributed by atoms with van der Waals surface area (Å²) in [6, 6.07) is 18.0. The predicted octanol–water partition coefficient (Wildman–Crippen LogP) is 2.87. The molecule has 0 fully saturated rings. The minimum absolute atomic E-state index is 0.0353. The van der Waals surface area contributed by atoms with Crippen LogP contribution in [0.5, 0.6) is 0 Å². The number of fused-ring (bicyclic) bond motifs is 1. The van der Waals surface area contributed by atoms with Crippen LogP contribution in [-0.4, -0.2) is 11.2 Å². The Hall–Kier alpha value is -2.15. The van der Waals surface area contributed by atoms with Gasteiger partial charge in [0, 0.05) is 12.5 Å². The highest BCUT2D eigenvalue weighted by atomic mass is 16.3. The van der Waals surface area contributed by atoms with Crippen molar-refractivity contribution < 1.29 is 5.11 Å². The van der Waals surface area contributed by atoms with Crippen LogP contribution in [0.25, 0.3) is 0 Å². The summed E-state index contributed by atoms with van der Waals surface area (Å²) in [5, 5.41) is 22.6. The summed E-state index contributed by atoms with van der Waals surface area (Å²) >= 11 is 0. The van der Waals surface area contributed by atoms with Gasteiger partial charge >= 0.3 is 0 Å². The fourth-order valence-electron chi connectivity index (χ4n) is 2.99. The van der Waals surface area contributed by atoms with Crippen LogP contribution in [0.15, 0.2) is 48.5 Å². The van der Waals surface area contributed by atoms with Gasteiger partial charge in [0.05, 0.1) is 23.8 Å². The van der Waals surface area contributed by atoms with Gasteiger partial charge in [-0.1, -0.05) is 36.4 Å². The molecule has 0 amide bonds. The van der Waals surface area contributed by atoms with Gasteiger partial charge in [-0.2, -0.15) is 5.26 Å². The lowest BCUT2D eigenvalue weighted by Gasteiger charge is -2.23. The van der Waals surface area contributed by atoms with E-state index in [1.54, 1.807) is 0 Å². The third-order valence-electron chi connectivity index (χ3n) is 4.17. The van der Waals surface area contributed by atoms with Crippen LogP contribution in [0.4, 0.5) is 0 Å². The molecule has 0 spiro atoms. The first-order valence-electron chi connectivity index (χ1n) is 7.21. The van der Waals surface area contributed by atoms with Gasteiger partial charge in [-0.15, -0.1) is 0 Å². The molecule has 0 saturated heterocycles. The Morgan fingerprint density at radius 3 is 2.62 bits per heavy atom. The average molecular weight is 278 g/mol. The molecular weight excluding hydrogens is 260 g/mol. The van der Waals surface area contributed by atoms with E-state index in [0.29, 0.717) is 12.0 Å². The lowest BCUT2D eigenvalue weighted by Crippen LogP contribution is -2.30. The molecule has 3 heteroatoms. The molecule has 0 saturated carbocycles. The molecule has 3 unspecified atom stereocenters. The highest BCUT2D eigenvalue weighted by molar-refractivity contribution is 5.37. The molecule has 3 atom stereocenters. The van der Waals surface area contributed by atoms with Crippen molar-refractivity contribution in [2.24, 2.45) is 0 Å². The van der Waals surface area contributed by atoms with Crippen LogP contribution >= 0.6 is 0 Å². The third-order valence-corrected chi connectivity index (χ3v) is 4.17. The molecule has 1 aliphatic carbocycles. The molecule has 3 rings (SSSR count). The molecule has 1 aliphatic rings. The van der Waals surface area contributed by atoms with Crippen molar-refractivity contribution >= 4 is 0 Å². The maximum absolute atomic E-state index is 10.3. The van der Waals surface area contributed by atoms with Gasteiger partial charge in [0.15, 0.2) is 0 Å². The van der Waals surface area contributed by atoms with Gasteiger partial charge in [0.25, 0.3) is 0 Å². The van der Waals surface area contributed by atoms with Crippen LogP contribution < -0.4 is 5.32 Å². The van der Waals surface area contributed by atoms with Crippen molar-refractivity contribution in [2.75, 3.05) is 0 Å². The third kappa shape index (κ3) is 2.69. The standard InChI is InChI=1S/C18H18N2O/c1-12(14-8-6-13(11-19)7-9-14)20-18-16-5-3-2-4-15(16)10-17(18)21/h2-9,12,17-18,20-21H,10H2,1H3. The summed E-state index contributed by atoms with van der Waals surface area (Å²) in [5.41, 5.74) is 4.18. The van der Waals surface area contributed by atoms with Crippen molar-refractivity contribution in [1.29, 1.82) is 5.26 Å². The number of benzene rings is 2. The summed E-state index contributed by atoms with van der Waals surface area (Å²) in [6.45, 7) is 2.08. The Morgan fingerprint density at radius 1 is 1.19 bits per heavy atom. The smallest absolute Gasteiger partial charge is 0.0991 e. The van der Waals surface area contributed by atoms with E-state index in [4.69, 9.17) is 5.26 Å². The average Bonchev–Trinajstić information content (AvgIpc) is 2.83. The topological polar surface area (TPSA) is 56.0 Å². The Balaban J connectivity index is 1.78. The van der Waals surface area contributed by atoms with E-state index in [2.05, 4.69) is 30.4 Å². The first-order valence-corrected chi connectivity index (χ1v) is 7.21. The van der Waals surface area contributed by atoms with E-state index in [1.165, 1.54) is 11.1 Å². The molecule has 0 bridgehead atoms. The summed E-state index contributed by atoms with van der Waals surface area (Å²) in [7, 11) is 0. The van der Waals surface area contributed by atoms with Crippen LogP contribution in [0, 0.1) is 11.3 Å². The number of hydrogen-bond donors (Lipinski definition) is 2. The summed E-state index contributed by atoms with van der Waals surface area (Å²) in [4.78, 5) is 0. The molecule has 0 aliphatic heterocycles. The zero-order valence-corrected chi connectivity index (χ0v) is 12.0. The second-order valence-corrected chi connectivity index (χ2v) is 5.57. The summed E-state index contributed by atoms with van der Waals surface area (Å²) in [6.07, 6.45) is 0.316. The van der Waals surface area contributed by atoms with Crippen molar-refractivity contribution in [3.63, 3.8) is 0 Å². The first kappa shape index (κ1) is 13.8. The quantitative estimate of drug-likeness (QED) is 0.907. The molecule has 3 nitrogen and oxygen atoms in total. The Kier molecular flexibility index (Phi) is 3.74. The summed E-state index contributed by atoms with van der Waals surface area (Å²) < 4.78 is 0. The Morgan fingerprint density at radius 2 is 1.90 bits per heavy atom. The Bertz CT molecular complexity index is 672. The first-order chi connectivity index (χ1) is 10.2. The van der Waals surface area contributed by atoms with Gasteiger partial charge < -0.3 is 10.4 Å². The highest BCUT2D eigenvalue weighted by Crippen LogP contribution is 2.33. The lowest BCUT2D eigenvalue weighted by molar-refractivity contribution is 0.136. The molecule has 0 heterocycles. The number of nitriles is 1. The molecule has 0 aromatic heterocycles. The summed E-state index contributed by atoms with van der Waals surface area (Å²) in [5.74, 6) is 0. The van der Waals surface area contributed by atoms with Gasteiger partial charge in [0.1, 0.15) is 0 Å². The lowest BCUT2D eigenvalue weighted by atomic mass is 10.0. The number of hydrogen-bond acceptors (Lipinski definition) is 3. The maximum Gasteiger partial charge on any atom is 0.0991 e. The number of aliphatic hydroxyl groups excluding tert-OH is 1. The zero-order chi connectivity index (χ0) is 14.8. The van der Waals surface area contributed by atoms with Gasteiger partial charge in [-0.25, -0.2) is 0 Å². The minimum Gasteiger partial charge on any atom is -0.391 e. The second-order valence-electron chi connectivity index (χ2n) is 5.57. The van der Waals surface area contributed by atoms with Crippen molar-refractivity contribution in [3.05, 3.63) is 70.8 Å². The van der Waals surface area contributed by atoms with E-state index in [-0.39, 0.29) is 18.2 Å². The molecular formula is C18H18N2O. The molecule has 106 valence electrons. The largest absolute Gasteiger partial charge is 0.391 e. The fourth-order valence-corrected chi connectivity index (χ4v) is 2.99. The minimum atomic E-state index is -0.386. The van der Waals surface area contributed by atoms with Gasteiger partial charge in [-0.3, -0.25) is 0 Å². The number of nitrogens with zero attached hydrogens (tertiary/aromatic N) is 1. The number of aliphatic hydroxyl groups is 1. The number of nitrogens with one attached hydrogen (secondary N) is 1. The van der Waals surface area contributed by atoms with Crippen LogP contribution in [0.1, 0.15) is 41.3 Å². The van der Waals surface area contributed by atoms with E-state index in [0.717, 1.165) is 5.56 Å². The van der Waals surface area contributed by atoms with Crippen LogP contribution in [0.2, 0.25) is 0 Å². The van der Waals surface area contributed by atoms with E-state index >= 15 is 0 Å². The maximum atomic E-state index is 10.3. The monoisotopic (exact) mass is 278 g/mol.